The van der Waals surface area contributed by atoms with Crippen LogP contribution in [0.4, 0.5) is 0 Å². The molecule has 128 valence electrons. The first-order valence-electron chi connectivity index (χ1n) is 8.10. The molecule has 0 saturated carbocycles. The van der Waals surface area contributed by atoms with Crippen LogP contribution in [0.2, 0.25) is 0 Å². The summed E-state index contributed by atoms with van der Waals surface area (Å²) < 4.78 is 22.0. The van der Waals surface area contributed by atoms with E-state index < -0.39 is 0 Å². The Morgan fingerprint density at radius 1 is 0.917 bits per heavy atom. The minimum absolute atomic E-state index is 0.246. The highest BCUT2D eigenvalue weighted by Gasteiger charge is 2.26. The van der Waals surface area contributed by atoms with Crippen molar-refractivity contribution in [3.8, 4) is 23.0 Å². The number of ether oxygens (including phenoxy) is 4. The molecule has 0 amide bonds. The number of fused-ring (bicyclic) bond motifs is 1. The van der Waals surface area contributed by atoms with Crippen molar-refractivity contribution < 1.29 is 24.3 Å². The number of nitrogens with two attached hydrogens (primary N) is 1. The van der Waals surface area contributed by atoms with E-state index in [1.54, 1.807) is 21.3 Å². The first kappa shape index (κ1) is 16.5. The Hall–Kier alpha value is -2.40. The number of hydrogen-bond donors (Lipinski definition) is 1. The molecule has 24 heavy (non-hydrogen) atoms. The summed E-state index contributed by atoms with van der Waals surface area (Å²) in [6.45, 7) is 1.65. The predicted molar refractivity (Wildman–Crippen MR) is 91.3 cm³/mol. The number of quaternary nitrogens is 1. The Balaban J connectivity index is 1.76. The summed E-state index contributed by atoms with van der Waals surface area (Å²) >= 11 is 0. The van der Waals surface area contributed by atoms with E-state index in [0.29, 0.717) is 6.61 Å². The van der Waals surface area contributed by atoms with Gasteiger partial charge in [-0.2, -0.15) is 0 Å². The average molecular weight is 330 g/mol. The minimum Gasteiger partial charge on any atom is -0.497 e. The summed E-state index contributed by atoms with van der Waals surface area (Å²) in [7, 11) is 4.99. The van der Waals surface area contributed by atoms with E-state index in [4.69, 9.17) is 18.9 Å². The first-order chi connectivity index (χ1) is 11.7. The molecular weight excluding hydrogens is 306 g/mol. The number of methoxy groups -OCH3 is 3. The van der Waals surface area contributed by atoms with Crippen LogP contribution >= 0.6 is 0 Å². The fourth-order valence-electron chi connectivity index (χ4n) is 3.08. The molecule has 1 aliphatic rings. The summed E-state index contributed by atoms with van der Waals surface area (Å²) in [5, 5.41) is 2.32. The summed E-state index contributed by atoms with van der Waals surface area (Å²) in [5.41, 5.74) is 2.56. The highest BCUT2D eigenvalue weighted by Crippen LogP contribution is 2.33. The maximum Gasteiger partial charge on any atom is 0.161 e. The third-order valence-corrected chi connectivity index (χ3v) is 4.40. The van der Waals surface area contributed by atoms with Crippen molar-refractivity contribution in [2.75, 3.05) is 34.5 Å². The van der Waals surface area contributed by atoms with Crippen molar-refractivity contribution in [3.05, 3.63) is 47.5 Å². The quantitative estimate of drug-likeness (QED) is 0.880. The molecule has 0 radical (unpaired) electrons. The largest absolute Gasteiger partial charge is 0.497 e. The molecule has 1 aliphatic heterocycles. The van der Waals surface area contributed by atoms with Gasteiger partial charge in [-0.1, -0.05) is 0 Å². The van der Waals surface area contributed by atoms with Crippen molar-refractivity contribution >= 4 is 0 Å². The lowest BCUT2D eigenvalue weighted by Crippen LogP contribution is -2.88. The van der Waals surface area contributed by atoms with Gasteiger partial charge in [-0.15, -0.1) is 0 Å². The molecule has 2 aromatic carbocycles. The van der Waals surface area contributed by atoms with Crippen molar-refractivity contribution in [1.82, 2.24) is 0 Å². The number of rotatable bonds is 6. The molecule has 5 nitrogen and oxygen atoms in total. The molecule has 5 heteroatoms. The Labute approximate surface area is 142 Å². The van der Waals surface area contributed by atoms with Crippen LogP contribution < -0.4 is 24.3 Å². The van der Waals surface area contributed by atoms with Gasteiger partial charge >= 0.3 is 0 Å². The van der Waals surface area contributed by atoms with E-state index >= 15 is 0 Å². The van der Waals surface area contributed by atoms with Gasteiger partial charge in [0, 0.05) is 12.0 Å². The van der Waals surface area contributed by atoms with Crippen LogP contribution in [0.25, 0.3) is 0 Å². The molecule has 1 heterocycles. The van der Waals surface area contributed by atoms with E-state index in [1.165, 1.54) is 11.1 Å². The molecule has 2 N–H and O–H groups in total. The molecule has 0 fully saturated rings. The van der Waals surface area contributed by atoms with Gasteiger partial charge in [0.1, 0.15) is 24.1 Å². The van der Waals surface area contributed by atoms with Crippen molar-refractivity contribution in [2.24, 2.45) is 0 Å². The van der Waals surface area contributed by atoms with E-state index in [2.05, 4.69) is 17.4 Å². The molecular formula is C19H24NO4+. The first-order valence-corrected chi connectivity index (χ1v) is 8.10. The average Bonchev–Trinajstić information content (AvgIpc) is 2.65. The maximum absolute atomic E-state index is 5.97. The van der Waals surface area contributed by atoms with Crippen molar-refractivity contribution in [2.45, 2.75) is 12.5 Å². The zero-order chi connectivity index (χ0) is 16.9. The number of benzene rings is 2. The van der Waals surface area contributed by atoms with Gasteiger partial charge < -0.3 is 24.3 Å². The molecule has 0 unspecified atom stereocenters. The summed E-state index contributed by atoms with van der Waals surface area (Å²) in [6, 6.07) is 12.1. The fraction of sp³-hybridized carbons (Fsp3) is 0.368. The molecule has 1 atom stereocenters. The standard InChI is InChI=1S/C19H23NO4/c1-21-14-4-6-15(7-5-14)24-12-17-16-11-19(23-3)18(22-2)10-13(16)8-9-20-17/h4-7,10-11,17,20H,8-9,12H2,1-3H3/p+1/t17-/m1/s1. The SMILES string of the molecule is COc1ccc(OC[C@H]2[NH2+]CCc3cc(OC)c(OC)cc32)cc1. The summed E-state index contributed by atoms with van der Waals surface area (Å²) in [5.74, 6) is 3.22. The van der Waals surface area contributed by atoms with Crippen LogP contribution in [-0.4, -0.2) is 34.5 Å². The zero-order valence-corrected chi connectivity index (χ0v) is 14.4. The van der Waals surface area contributed by atoms with E-state index in [-0.39, 0.29) is 6.04 Å². The van der Waals surface area contributed by atoms with Crippen molar-refractivity contribution in [1.29, 1.82) is 0 Å². The fourth-order valence-corrected chi connectivity index (χ4v) is 3.08. The van der Waals surface area contributed by atoms with Gasteiger partial charge in [0.25, 0.3) is 0 Å². The maximum atomic E-state index is 5.97. The Bertz CT molecular complexity index is 685. The second-order valence-corrected chi connectivity index (χ2v) is 5.77. The van der Waals surface area contributed by atoms with E-state index in [1.807, 2.05) is 24.3 Å². The van der Waals surface area contributed by atoms with Gasteiger partial charge in [-0.25, -0.2) is 0 Å². The second-order valence-electron chi connectivity index (χ2n) is 5.77. The van der Waals surface area contributed by atoms with E-state index in [0.717, 1.165) is 36.0 Å². The Morgan fingerprint density at radius 3 is 2.25 bits per heavy atom. The molecule has 2 aromatic rings. The van der Waals surface area contributed by atoms with Gasteiger partial charge in [0.2, 0.25) is 0 Å². The molecule has 0 aliphatic carbocycles. The highest BCUT2D eigenvalue weighted by molar-refractivity contribution is 5.48. The van der Waals surface area contributed by atoms with Crippen LogP contribution in [0.3, 0.4) is 0 Å². The lowest BCUT2D eigenvalue weighted by Gasteiger charge is -2.25. The zero-order valence-electron chi connectivity index (χ0n) is 14.4. The van der Waals surface area contributed by atoms with Crippen LogP contribution in [0.1, 0.15) is 17.2 Å². The van der Waals surface area contributed by atoms with Crippen molar-refractivity contribution in [3.63, 3.8) is 0 Å². The monoisotopic (exact) mass is 330 g/mol. The third kappa shape index (κ3) is 3.41. The lowest BCUT2D eigenvalue weighted by molar-refractivity contribution is -0.700. The van der Waals surface area contributed by atoms with Crippen LogP contribution in [0, 0.1) is 0 Å². The smallest absolute Gasteiger partial charge is 0.161 e. The molecule has 0 spiro atoms. The van der Waals surface area contributed by atoms with Gasteiger partial charge in [0.05, 0.1) is 27.9 Å². The third-order valence-electron chi connectivity index (χ3n) is 4.40. The number of hydrogen-bond acceptors (Lipinski definition) is 4. The van der Waals surface area contributed by atoms with Gasteiger partial charge in [-0.3, -0.25) is 0 Å². The minimum atomic E-state index is 0.246. The van der Waals surface area contributed by atoms with Crippen LogP contribution in [-0.2, 0) is 6.42 Å². The topological polar surface area (TPSA) is 53.5 Å². The molecule has 0 aromatic heterocycles. The predicted octanol–water partition coefficient (Wildman–Crippen LogP) is 1.95. The Kier molecular flexibility index (Phi) is 5.11. The summed E-state index contributed by atoms with van der Waals surface area (Å²) in [4.78, 5) is 0. The Morgan fingerprint density at radius 2 is 1.58 bits per heavy atom. The molecule has 3 rings (SSSR count). The van der Waals surface area contributed by atoms with Crippen LogP contribution in [0.15, 0.2) is 36.4 Å². The normalized spacial score (nSPS) is 16.2. The molecule has 0 bridgehead atoms. The van der Waals surface area contributed by atoms with E-state index in [9.17, 15) is 0 Å². The lowest BCUT2D eigenvalue weighted by atomic mass is 9.94. The highest BCUT2D eigenvalue weighted by atomic mass is 16.5. The van der Waals surface area contributed by atoms with Gasteiger partial charge in [-0.05, 0) is 42.0 Å². The van der Waals surface area contributed by atoms with Crippen LogP contribution in [0.5, 0.6) is 23.0 Å². The molecule has 0 saturated heterocycles. The summed E-state index contributed by atoms with van der Waals surface area (Å²) in [6.07, 6.45) is 1.02. The van der Waals surface area contributed by atoms with Gasteiger partial charge in [0.15, 0.2) is 11.5 Å². The second kappa shape index (κ2) is 7.45.